The highest BCUT2D eigenvalue weighted by molar-refractivity contribution is 7.98. The van der Waals surface area contributed by atoms with Crippen molar-refractivity contribution >= 4 is 22.7 Å². The average molecular weight is 287 g/mol. The van der Waals surface area contributed by atoms with Gasteiger partial charge < -0.3 is 0 Å². The highest BCUT2D eigenvalue weighted by Crippen LogP contribution is 2.18. The van der Waals surface area contributed by atoms with Crippen LogP contribution in [0.25, 0.3) is 10.9 Å². The molecule has 7 heteroatoms. The number of thioether (sulfide) groups is 1. The first-order valence-electron chi connectivity index (χ1n) is 6.08. The SMILES string of the molecule is Cn1ncnc1SCc1nc2ccccc2c(=O)n1C. The molecule has 0 atom stereocenters. The zero-order valence-electron chi connectivity index (χ0n) is 11.1. The van der Waals surface area contributed by atoms with E-state index in [-0.39, 0.29) is 5.56 Å². The lowest BCUT2D eigenvalue weighted by Gasteiger charge is -2.08. The number of para-hydroxylation sites is 1. The maximum atomic E-state index is 12.3. The summed E-state index contributed by atoms with van der Waals surface area (Å²) in [5.74, 6) is 1.30. The molecule has 0 N–H and O–H groups in total. The molecule has 2 heterocycles. The summed E-state index contributed by atoms with van der Waals surface area (Å²) in [6.45, 7) is 0. The number of aromatic nitrogens is 5. The Hall–Kier alpha value is -2.15. The highest BCUT2D eigenvalue weighted by Gasteiger charge is 2.09. The molecular weight excluding hydrogens is 274 g/mol. The number of benzene rings is 1. The Morgan fingerprint density at radius 2 is 2.05 bits per heavy atom. The summed E-state index contributed by atoms with van der Waals surface area (Å²) < 4.78 is 3.29. The molecule has 0 spiro atoms. The monoisotopic (exact) mass is 287 g/mol. The molecule has 0 aliphatic rings. The fraction of sp³-hybridized carbons (Fsp3) is 0.231. The van der Waals surface area contributed by atoms with Crippen molar-refractivity contribution in [2.75, 3.05) is 0 Å². The van der Waals surface area contributed by atoms with Crippen LogP contribution in [0, 0.1) is 0 Å². The lowest BCUT2D eigenvalue weighted by molar-refractivity contribution is 0.684. The van der Waals surface area contributed by atoms with Crippen LogP contribution in [0.4, 0.5) is 0 Å². The molecule has 1 aromatic carbocycles. The third-order valence-corrected chi connectivity index (χ3v) is 4.11. The summed E-state index contributed by atoms with van der Waals surface area (Å²) in [7, 11) is 3.58. The zero-order chi connectivity index (χ0) is 14.1. The summed E-state index contributed by atoms with van der Waals surface area (Å²) in [4.78, 5) is 21.0. The minimum Gasteiger partial charge on any atom is -0.299 e. The van der Waals surface area contributed by atoms with Crippen molar-refractivity contribution in [3.05, 3.63) is 46.8 Å². The van der Waals surface area contributed by atoms with E-state index in [9.17, 15) is 4.79 Å². The molecule has 0 saturated heterocycles. The molecule has 0 fully saturated rings. The Morgan fingerprint density at radius 1 is 1.25 bits per heavy atom. The van der Waals surface area contributed by atoms with Crippen molar-refractivity contribution in [1.82, 2.24) is 24.3 Å². The number of rotatable bonds is 3. The predicted octanol–water partition coefficient (Wildman–Crippen LogP) is 1.35. The van der Waals surface area contributed by atoms with Gasteiger partial charge in [0.2, 0.25) is 0 Å². The van der Waals surface area contributed by atoms with Crippen LogP contribution in [0.5, 0.6) is 0 Å². The van der Waals surface area contributed by atoms with Crippen molar-refractivity contribution in [2.45, 2.75) is 10.9 Å². The van der Waals surface area contributed by atoms with Crippen molar-refractivity contribution in [1.29, 1.82) is 0 Å². The van der Waals surface area contributed by atoms with Crippen molar-refractivity contribution < 1.29 is 0 Å². The van der Waals surface area contributed by atoms with Gasteiger partial charge in [0.05, 0.1) is 16.7 Å². The first kappa shape index (κ1) is 12.9. The second-order valence-corrected chi connectivity index (χ2v) is 5.31. The van der Waals surface area contributed by atoms with Gasteiger partial charge in [-0.05, 0) is 12.1 Å². The Morgan fingerprint density at radius 3 is 2.80 bits per heavy atom. The Bertz CT molecular complexity index is 823. The molecule has 6 nitrogen and oxygen atoms in total. The molecule has 3 rings (SSSR count). The predicted molar refractivity (Wildman–Crippen MR) is 77.5 cm³/mol. The van der Waals surface area contributed by atoms with Gasteiger partial charge in [-0.25, -0.2) is 14.6 Å². The van der Waals surface area contributed by atoms with E-state index < -0.39 is 0 Å². The van der Waals surface area contributed by atoms with E-state index in [1.54, 1.807) is 22.4 Å². The number of aryl methyl sites for hydroxylation is 1. The standard InChI is InChI=1S/C13H13N5OS/c1-17-11(7-20-13-14-8-15-18(13)2)16-10-6-4-3-5-9(10)12(17)19/h3-6,8H,7H2,1-2H3. The van der Waals surface area contributed by atoms with Crippen LogP contribution in [-0.4, -0.2) is 24.3 Å². The molecule has 2 aromatic heterocycles. The first-order valence-corrected chi connectivity index (χ1v) is 7.07. The summed E-state index contributed by atoms with van der Waals surface area (Å²) in [6, 6.07) is 7.38. The van der Waals surface area contributed by atoms with Gasteiger partial charge in [-0.2, -0.15) is 5.10 Å². The van der Waals surface area contributed by atoms with Crippen molar-refractivity contribution in [3.8, 4) is 0 Å². The Balaban J connectivity index is 1.98. The lowest BCUT2D eigenvalue weighted by Crippen LogP contribution is -2.21. The van der Waals surface area contributed by atoms with Crippen LogP contribution in [-0.2, 0) is 19.8 Å². The van der Waals surface area contributed by atoms with Gasteiger partial charge in [-0.1, -0.05) is 23.9 Å². The van der Waals surface area contributed by atoms with E-state index in [1.165, 1.54) is 18.1 Å². The molecule has 0 radical (unpaired) electrons. The van der Waals surface area contributed by atoms with Gasteiger partial charge in [0.15, 0.2) is 5.16 Å². The summed E-state index contributed by atoms with van der Waals surface area (Å²) >= 11 is 1.51. The van der Waals surface area contributed by atoms with E-state index in [4.69, 9.17) is 0 Å². The molecule has 102 valence electrons. The van der Waals surface area contributed by atoms with E-state index in [1.807, 2.05) is 25.2 Å². The molecule has 0 saturated carbocycles. The fourth-order valence-electron chi connectivity index (χ4n) is 1.94. The average Bonchev–Trinajstić information content (AvgIpc) is 2.87. The normalized spacial score (nSPS) is 11.1. The van der Waals surface area contributed by atoms with E-state index in [0.29, 0.717) is 11.1 Å². The molecule has 0 aliphatic heterocycles. The minimum atomic E-state index is -0.0239. The molecule has 0 amide bonds. The van der Waals surface area contributed by atoms with Gasteiger partial charge in [0.25, 0.3) is 5.56 Å². The molecule has 3 aromatic rings. The third kappa shape index (κ3) is 2.20. The molecule has 20 heavy (non-hydrogen) atoms. The highest BCUT2D eigenvalue weighted by atomic mass is 32.2. The van der Waals surface area contributed by atoms with E-state index >= 15 is 0 Å². The van der Waals surface area contributed by atoms with Crippen LogP contribution >= 0.6 is 11.8 Å². The lowest BCUT2D eigenvalue weighted by atomic mass is 10.2. The quantitative estimate of drug-likeness (QED) is 0.680. The van der Waals surface area contributed by atoms with Crippen LogP contribution in [0.15, 0.2) is 40.5 Å². The Kier molecular flexibility index (Phi) is 3.27. The van der Waals surface area contributed by atoms with Gasteiger partial charge in [-0.3, -0.25) is 9.36 Å². The van der Waals surface area contributed by atoms with Gasteiger partial charge in [0.1, 0.15) is 12.2 Å². The first-order chi connectivity index (χ1) is 9.66. The molecule has 0 unspecified atom stereocenters. The maximum absolute atomic E-state index is 12.3. The minimum absolute atomic E-state index is 0.0239. The summed E-state index contributed by atoms with van der Waals surface area (Å²) in [6.07, 6.45) is 1.51. The molecular formula is C13H13N5OS. The van der Waals surface area contributed by atoms with Crippen molar-refractivity contribution in [2.24, 2.45) is 14.1 Å². The van der Waals surface area contributed by atoms with Crippen LogP contribution in [0.3, 0.4) is 0 Å². The third-order valence-electron chi connectivity index (χ3n) is 3.08. The topological polar surface area (TPSA) is 65.6 Å². The van der Waals surface area contributed by atoms with Gasteiger partial charge in [-0.15, -0.1) is 0 Å². The van der Waals surface area contributed by atoms with Gasteiger partial charge in [0, 0.05) is 14.1 Å². The molecule has 0 bridgehead atoms. The van der Waals surface area contributed by atoms with Crippen LogP contribution in [0.1, 0.15) is 5.82 Å². The van der Waals surface area contributed by atoms with Crippen molar-refractivity contribution in [3.63, 3.8) is 0 Å². The number of hydrogen-bond donors (Lipinski definition) is 0. The van der Waals surface area contributed by atoms with Gasteiger partial charge >= 0.3 is 0 Å². The Labute approximate surface area is 119 Å². The second-order valence-electron chi connectivity index (χ2n) is 4.36. The van der Waals surface area contributed by atoms with Crippen LogP contribution in [0.2, 0.25) is 0 Å². The van der Waals surface area contributed by atoms with E-state index in [0.717, 1.165) is 16.5 Å². The maximum Gasteiger partial charge on any atom is 0.261 e. The largest absolute Gasteiger partial charge is 0.299 e. The van der Waals surface area contributed by atoms with E-state index in [2.05, 4.69) is 15.1 Å². The van der Waals surface area contributed by atoms with Crippen LogP contribution < -0.4 is 5.56 Å². The smallest absolute Gasteiger partial charge is 0.261 e. The number of fused-ring (bicyclic) bond motifs is 1. The fourth-order valence-corrected chi connectivity index (χ4v) is 2.81. The molecule has 0 aliphatic carbocycles. The zero-order valence-corrected chi connectivity index (χ0v) is 12.0. The number of nitrogens with zero attached hydrogens (tertiary/aromatic N) is 5. The summed E-state index contributed by atoms with van der Waals surface area (Å²) in [5.41, 5.74) is 0.702. The summed E-state index contributed by atoms with van der Waals surface area (Å²) in [5, 5.41) is 5.45. The second kappa shape index (κ2) is 5.09. The number of hydrogen-bond acceptors (Lipinski definition) is 5.